The van der Waals surface area contributed by atoms with E-state index in [4.69, 9.17) is 4.74 Å². The molecule has 4 rings (SSSR count). The first-order valence-corrected chi connectivity index (χ1v) is 9.60. The molecule has 0 aliphatic rings. The van der Waals surface area contributed by atoms with E-state index in [0.717, 1.165) is 34.3 Å². The first-order chi connectivity index (χ1) is 14.2. The summed E-state index contributed by atoms with van der Waals surface area (Å²) >= 11 is 0. The number of ether oxygens (including phenoxy) is 1. The quantitative estimate of drug-likeness (QED) is 0.391. The van der Waals surface area contributed by atoms with Crippen LogP contribution in [-0.2, 0) is 6.42 Å². The van der Waals surface area contributed by atoms with E-state index >= 15 is 0 Å². The number of rotatable bonds is 5. The number of aromatic nitrogens is 1. The number of urea groups is 1. The number of aromatic amines is 1. The average molecular weight is 385 g/mol. The molecule has 1 heterocycles. The Balaban J connectivity index is 1.69. The van der Waals surface area contributed by atoms with Crippen molar-refractivity contribution in [2.24, 2.45) is 0 Å². The summed E-state index contributed by atoms with van der Waals surface area (Å²) in [5.74, 6) is 0.608. The van der Waals surface area contributed by atoms with Gasteiger partial charge in [0.2, 0.25) is 0 Å². The van der Waals surface area contributed by atoms with Gasteiger partial charge in [-0.3, -0.25) is 0 Å². The molecule has 0 atom stereocenters. The summed E-state index contributed by atoms with van der Waals surface area (Å²) in [6.45, 7) is 2.13. The molecule has 0 aliphatic heterocycles. The highest BCUT2D eigenvalue weighted by molar-refractivity contribution is 6.10. The van der Waals surface area contributed by atoms with Crippen LogP contribution in [0.15, 0.2) is 72.8 Å². The van der Waals surface area contributed by atoms with Crippen molar-refractivity contribution in [3.63, 3.8) is 0 Å². The fourth-order valence-corrected chi connectivity index (χ4v) is 3.41. The van der Waals surface area contributed by atoms with Crippen molar-refractivity contribution >= 4 is 28.3 Å². The molecule has 29 heavy (non-hydrogen) atoms. The van der Waals surface area contributed by atoms with E-state index in [0.29, 0.717) is 11.4 Å². The van der Waals surface area contributed by atoms with Gasteiger partial charge in [0, 0.05) is 16.5 Å². The summed E-state index contributed by atoms with van der Waals surface area (Å²) in [6, 6.07) is 23.3. The molecule has 5 heteroatoms. The maximum atomic E-state index is 12.8. The van der Waals surface area contributed by atoms with Crippen molar-refractivity contribution in [1.82, 2.24) is 4.98 Å². The van der Waals surface area contributed by atoms with E-state index < -0.39 is 0 Å². The SMILES string of the molecule is CCc1ccc(-c2[nH]c3ccccc3c2NC(=O)Nc2ccccc2OC)cc1. The Hall–Kier alpha value is -3.73. The fraction of sp³-hybridized carbons (Fsp3) is 0.125. The minimum absolute atomic E-state index is 0.328. The molecule has 1 aromatic heterocycles. The van der Waals surface area contributed by atoms with E-state index in [1.54, 1.807) is 13.2 Å². The Morgan fingerprint density at radius 1 is 0.931 bits per heavy atom. The number of H-pyrrole nitrogens is 1. The number of hydrogen-bond donors (Lipinski definition) is 3. The summed E-state index contributed by atoms with van der Waals surface area (Å²) in [6.07, 6.45) is 0.986. The lowest BCUT2D eigenvalue weighted by molar-refractivity contribution is 0.262. The monoisotopic (exact) mass is 385 g/mol. The molecular weight excluding hydrogens is 362 g/mol. The van der Waals surface area contributed by atoms with Gasteiger partial charge in [-0.15, -0.1) is 0 Å². The topological polar surface area (TPSA) is 66.2 Å². The van der Waals surface area contributed by atoms with Gasteiger partial charge in [-0.05, 0) is 30.2 Å². The van der Waals surface area contributed by atoms with Crippen LogP contribution >= 0.6 is 0 Å². The standard InChI is InChI=1S/C24H23N3O2/c1-3-16-12-14-17(15-13-16)22-23(18-8-4-5-9-19(18)25-22)27-24(28)26-20-10-6-7-11-21(20)29-2/h4-15,25H,3H2,1-2H3,(H2,26,27,28). The zero-order valence-corrected chi connectivity index (χ0v) is 16.5. The number of fused-ring (bicyclic) bond motifs is 1. The van der Waals surface area contributed by atoms with Gasteiger partial charge < -0.3 is 20.4 Å². The highest BCUT2D eigenvalue weighted by atomic mass is 16.5. The lowest BCUT2D eigenvalue weighted by Gasteiger charge is -2.12. The number of amides is 2. The zero-order chi connectivity index (χ0) is 20.2. The maximum Gasteiger partial charge on any atom is 0.323 e. The summed E-state index contributed by atoms with van der Waals surface area (Å²) < 4.78 is 5.32. The van der Waals surface area contributed by atoms with E-state index in [1.807, 2.05) is 42.5 Å². The number of anilines is 2. The molecule has 0 unspecified atom stereocenters. The Labute approximate surface area is 169 Å². The second-order valence-electron chi connectivity index (χ2n) is 6.75. The smallest absolute Gasteiger partial charge is 0.323 e. The van der Waals surface area contributed by atoms with E-state index in [2.05, 4.69) is 46.8 Å². The van der Waals surface area contributed by atoms with Crippen LogP contribution in [0.5, 0.6) is 5.75 Å². The molecular formula is C24H23N3O2. The third-order valence-electron chi connectivity index (χ3n) is 4.95. The molecule has 3 aromatic carbocycles. The van der Waals surface area contributed by atoms with Gasteiger partial charge in [-0.25, -0.2) is 4.79 Å². The van der Waals surface area contributed by atoms with Crippen molar-refractivity contribution in [1.29, 1.82) is 0 Å². The molecule has 2 amide bonds. The van der Waals surface area contributed by atoms with Gasteiger partial charge in [0.25, 0.3) is 0 Å². The Kier molecular flexibility index (Phi) is 5.20. The second kappa shape index (κ2) is 8.10. The van der Waals surface area contributed by atoms with E-state index in [9.17, 15) is 4.79 Å². The van der Waals surface area contributed by atoms with Crippen LogP contribution in [0.2, 0.25) is 0 Å². The number of methoxy groups -OCH3 is 1. The number of nitrogens with one attached hydrogen (secondary N) is 3. The molecule has 0 fully saturated rings. The maximum absolute atomic E-state index is 12.8. The number of aryl methyl sites for hydroxylation is 1. The molecule has 4 aromatic rings. The van der Waals surface area contributed by atoms with Crippen molar-refractivity contribution in [2.75, 3.05) is 17.7 Å². The lowest BCUT2D eigenvalue weighted by Crippen LogP contribution is -2.20. The van der Waals surface area contributed by atoms with Gasteiger partial charge >= 0.3 is 6.03 Å². The number of carbonyl (C=O) groups is 1. The largest absolute Gasteiger partial charge is 0.495 e. The molecule has 3 N–H and O–H groups in total. The molecule has 0 bridgehead atoms. The van der Waals surface area contributed by atoms with Crippen LogP contribution in [0.4, 0.5) is 16.2 Å². The first kappa shape index (κ1) is 18.6. The zero-order valence-electron chi connectivity index (χ0n) is 16.5. The molecule has 0 saturated heterocycles. The van der Waals surface area contributed by atoms with E-state index in [1.165, 1.54) is 5.56 Å². The Morgan fingerprint density at radius 3 is 2.41 bits per heavy atom. The first-order valence-electron chi connectivity index (χ1n) is 9.60. The number of carbonyl (C=O) groups excluding carboxylic acids is 1. The number of benzene rings is 3. The van der Waals surface area contributed by atoms with Crippen molar-refractivity contribution < 1.29 is 9.53 Å². The second-order valence-corrected chi connectivity index (χ2v) is 6.75. The molecule has 5 nitrogen and oxygen atoms in total. The third-order valence-corrected chi connectivity index (χ3v) is 4.95. The Bertz CT molecular complexity index is 1150. The van der Waals surface area contributed by atoms with Gasteiger partial charge in [0.15, 0.2) is 0 Å². The van der Waals surface area contributed by atoms with Crippen molar-refractivity contribution in [3.8, 4) is 17.0 Å². The number of hydrogen-bond acceptors (Lipinski definition) is 2. The fourth-order valence-electron chi connectivity index (χ4n) is 3.41. The summed E-state index contributed by atoms with van der Waals surface area (Å²) in [5.41, 5.74) is 5.50. The summed E-state index contributed by atoms with van der Waals surface area (Å²) in [5, 5.41) is 6.85. The van der Waals surface area contributed by atoms with Crippen molar-refractivity contribution in [2.45, 2.75) is 13.3 Å². The lowest BCUT2D eigenvalue weighted by atomic mass is 10.1. The van der Waals surface area contributed by atoms with Crippen molar-refractivity contribution in [3.05, 3.63) is 78.4 Å². The van der Waals surface area contributed by atoms with Gasteiger partial charge in [-0.2, -0.15) is 0 Å². The van der Waals surface area contributed by atoms with Crippen LogP contribution in [0.3, 0.4) is 0 Å². The summed E-state index contributed by atoms with van der Waals surface area (Å²) in [4.78, 5) is 16.2. The Morgan fingerprint density at radius 2 is 1.66 bits per heavy atom. The van der Waals surface area contributed by atoms with E-state index in [-0.39, 0.29) is 6.03 Å². The van der Waals surface area contributed by atoms with Gasteiger partial charge in [0.05, 0.1) is 24.2 Å². The molecule has 0 aliphatic carbocycles. The van der Waals surface area contributed by atoms with Crippen LogP contribution in [0.1, 0.15) is 12.5 Å². The average Bonchev–Trinajstić information content (AvgIpc) is 3.12. The minimum atomic E-state index is -0.328. The van der Waals surface area contributed by atoms with Gasteiger partial charge in [-0.1, -0.05) is 61.5 Å². The highest BCUT2D eigenvalue weighted by Gasteiger charge is 2.16. The van der Waals surface area contributed by atoms with Crippen LogP contribution < -0.4 is 15.4 Å². The molecule has 0 radical (unpaired) electrons. The van der Waals surface area contributed by atoms with Crippen LogP contribution in [0, 0.1) is 0 Å². The normalized spacial score (nSPS) is 10.7. The molecule has 0 saturated carbocycles. The third kappa shape index (κ3) is 3.80. The number of para-hydroxylation sites is 3. The predicted molar refractivity (Wildman–Crippen MR) is 119 cm³/mol. The summed E-state index contributed by atoms with van der Waals surface area (Å²) in [7, 11) is 1.58. The van der Waals surface area contributed by atoms with Gasteiger partial charge in [0.1, 0.15) is 5.75 Å². The van der Waals surface area contributed by atoms with Crippen LogP contribution in [-0.4, -0.2) is 18.1 Å². The minimum Gasteiger partial charge on any atom is -0.495 e. The molecule has 146 valence electrons. The molecule has 0 spiro atoms. The predicted octanol–water partition coefficient (Wildman–Crippen LogP) is 6.05. The highest BCUT2D eigenvalue weighted by Crippen LogP contribution is 2.35. The van der Waals surface area contributed by atoms with Crippen LogP contribution in [0.25, 0.3) is 22.2 Å².